The lowest BCUT2D eigenvalue weighted by atomic mass is 10.00. The molecule has 0 aromatic heterocycles. The normalized spacial score (nSPS) is 11.1. The van der Waals surface area contributed by atoms with Crippen LogP contribution in [-0.4, -0.2) is 6.10 Å². The van der Waals surface area contributed by atoms with Crippen molar-refractivity contribution >= 4 is 22.6 Å². The lowest BCUT2D eigenvalue weighted by Gasteiger charge is -2.15. The molecule has 0 saturated heterocycles. The van der Waals surface area contributed by atoms with Crippen molar-refractivity contribution in [3.8, 4) is 16.9 Å². The molecule has 0 fully saturated rings. The number of rotatable bonds is 3. The van der Waals surface area contributed by atoms with Crippen molar-refractivity contribution in [2.45, 2.75) is 20.0 Å². The predicted molar refractivity (Wildman–Crippen MR) is 75.3 cm³/mol. The molecule has 0 saturated carbocycles. The summed E-state index contributed by atoms with van der Waals surface area (Å²) < 4.78 is 6.45. The van der Waals surface area contributed by atoms with Crippen molar-refractivity contribution in [3.63, 3.8) is 0 Å². The molecule has 88 valence electrons. The number of hydrogen-bond donors (Lipinski definition) is 0. The zero-order valence-corrected chi connectivity index (χ0v) is 11.6. The quantitative estimate of drug-likeness (QED) is 0.635. The fraction of sp³-hybridized carbons (Fsp3) is 0.231. The van der Waals surface area contributed by atoms with E-state index in [4.69, 9.17) is 4.74 Å². The molecule has 0 aliphatic rings. The summed E-state index contributed by atoms with van der Waals surface area (Å²) in [4.78, 5) is 23.0. The van der Waals surface area contributed by atoms with Gasteiger partial charge in [-0.05, 0) is 54.1 Å². The molecule has 2 rings (SSSR count). The maximum atomic E-state index is 11.5. The summed E-state index contributed by atoms with van der Waals surface area (Å²) in [6.45, 7) is 3.66. The second kappa shape index (κ2) is 4.60. The van der Waals surface area contributed by atoms with Gasteiger partial charge in [0.25, 0.3) is 5.43 Å². The lowest BCUT2D eigenvalue weighted by Crippen LogP contribution is -2.35. The molecule has 0 aliphatic carbocycles. The van der Waals surface area contributed by atoms with Crippen LogP contribution in [0.15, 0.2) is 33.9 Å². The average Bonchev–Trinajstić information content (AvgIpc) is 2.30. The lowest BCUT2D eigenvalue weighted by molar-refractivity contribution is 0.238. The zero-order chi connectivity index (χ0) is 12.6. The molecule has 2 aromatic rings. The molecule has 0 N–H and O–H groups in total. The first-order valence-electron chi connectivity index (χ1n) is 5.26. The molecular weight excluding hydrogens is 331 g/mol. The first kappa shape index (κ1) is 12.3. The Morgan fingerprint density at radius 3 is 2.18 bits per heavy atom. The van der Waals surface area contributed by atoms with Gasteiger partial charge in [-0.25, -0.2) is 0 Å². The fourth-order valence-electron chi connectivity index (χ4n) is 1.60. The minimum absolute atomic E-state index is 0.110. The standard InChI is InChI=1S/C13H11IO3/c1-7(2)17-13-10(11(15)12(13)16)8-3-5-9(14)6-4-8/h3-7H,1-2H3. The van der Waals surface area contributed by atoms with Crippen molar-refractivity contribution < 1.29 is 4.74 Å². The molecule has 0 heterocycles. The number of benzene rings is 1. The van der Waals surface area contributed by atoms with Gasteiger partial charge in [0.05, 0.1) is 11.7 Å². The highest BCUT2D eigenvalue weighted by molar-refractivity contribution is 14.1. The molecule has 2 aromatic carbocycles. The molecule has 0 amide bonds. The smallest absolute Gasteiger partial charge is 0.268 e. The van der Waals surface area contributed by atoms with E-state index in [-0.39, 0.29) is 11.9 Å². The van der Waals surface area contributed by atoms with Gasteiger partial charge < -0.3 is 4.74 Å². The number of ether oxygens (including phenoxy) is 1. The average molecular weight is 342 g/mol. The third kappa shape index (κ3) is 2.26. The summed E-state index contributed by atoms with van der Waals surface area (Å²) in [7, 11) is 0. The van der Waals surface area contributed by atoms with Crippen LogP contribution in [0.1, 0.15) is 13.8 Å². The van der Waals surface area contributed by atoms with Gasteiger partial charge in [-0.3, -0.25) is 9.59 Å². The Hall–Kier alpha value is -1.17. The highest BCUT2D eigenvalue weighted by Gasteiger charge is 2.24. The Bertz CT molecular complexity index is 604. The van der Waals surface area contributed by atoms with Crippen LogP contribution in [0, 0.1) is 3.57 Å². The second-order valence-corrected chi connectivity index (χ2v) is 5.28. The maximum absolute atomic E-state index is 11.5. The van der Waals surface area contributed by atoms with E-state index in [2.05, 4.69) is 22.6 Å². The predicted octanol–water partition coefficient (Wildman–Crippen LogP) is 2.34. The van der Waals surface area contributed by atoms with Gasteiger partial charge in [0, 0.05) is 3.57 Å². The Morgan fingerprint density at radius 2 is 1.65 bits per heavy atom. The van der Waals surface area contributed by atoms with Crippen molar-refractivity contribution in [1.29, 1.82) is 0 Å². The van der Waals surface area contributed by atoms with Crippen LogP contribution in [-0.2, 0) is 0 Å². The first-order chi connectivity index (χ1) is 8.00. The van der Waals surface area contributed by atoms with Gasteiger partial charge in [0.2, 0.25) is 5.43 Å². The van der Waals surface area contributed by atoms with Crippen LogP contribution in [0.4, 0.5) is 0 Å². The monoisotopic (exact) mass is 342 g/mol. The van der Waals surface area contributed by atoms with Crippen LogP contribution >= 0.6 is 22.6 Å². The Kier molecular flexibility index (Phi) is 3.33. The van der Waals surface area contributed by atoms with E-state index in [9.17, 15) is 9.59 Å². The highest BCUT2D eigenvalue weighted by atomic mass is 127. The number of hydrogen-bond acceptors (Lipinski definition) is 3. The summed E-state index contributed by atoms with van der Waals surface area (Å²) in [5.74, 6) is 0.200. The molecule has 4 heteroatoms. The van der Waals surface area contributed by atoms with Crippen LogP contribution in [0.2, 0.25) is 0 Å². The summed E-state index contributed by atoms with van der Waals surface area (Å²) in [6, 6.07) is 7.44. The largest absolute Gasteiger partial charge is 0.486 e. The number of halogens is 1. The Balaban J connectivity index is 2.46. The fourth-order valence-corrected chi connectivity index (χ4v) is 1.96. The Labute approximate surface area is 112 Å². The van der Waals surface area contributed by atoms with Crippen molar-refractivity contribution in [1.82, 2.24) is 0 Å². The van der Waals surface area contributed by atoms with Crippen LogP contribution in [0.25, 0.3) is 11.1 Å². The van der Waals surface area contributed by atoms with Gasteiger partial charge in [0.1, 0.15) is 0 Å². The Morgan fingerprint density at radius 1 is 1.06 bits per heavy atom. The van der Waals surface area contributed by atoms with E-state index in [1.165, 1.54) is 0 Å². The van der Waals surface area contributed by atoms with Crippen molar-refractivity contribution in [3.05, 3.63) is 48.3 Å². The minimum Gasteiger partial charge on any atom is -0.486 e. The third-order valence-electron chi connectivity index (χ3n) is 2.35. The molecule has 0 spiro atoms. The summed E-state index contributed by atoms with van der Waals surface area (Å²) in [6.07, 6.45) is -0.110. The van der Waals surface area contributed by atoms with Crippen LogP contribution in [0.5, 0.6) is 5.75 Å². The molecule has 0 unspecified atom stereocenters. The van der Waals surface area contributed by atoms with E-state index in [1.54, 1.807) is 0 Å². The molecule has 0 aliphatic heterocycles. The van der Waals surface area contributed by atoms with Crippen molar-refractivity contribution in [2.24, 2.45) is 0 Å². The summed E-state index contributed by atoms with van der Waals surface area (Å²) >= 11 is 2.19. The molecular formula is C13H11IO3. The van der Waals surface area contributed by atoms with E-state index in [1.807, 2.05) is 38.1 Å². The van der Waals surface area contributed by atoms with Gasteiger partial charge in [0.15, 0.2) is 5.75 Å². The summed E-state index contributed by atoms with van der Waals surface area (Å²) in [5.41, 5.74) is 0.167. The van der Waals surface area contributed by atoms with Crippen molar-refractivity contribution in [2.75, 3.05) is 0 Å². The summed E-state index contributed by atoms with van der Waals surface area (Å²) in [5, 5.41) is 0. The first-order valence-corrected chi connectivity index (χ1v) is 6.34. The molecule has 0 atom stereocenters. The molecule has 3 nitrogen and oxygen atoms in total. The van der Waals surface area contributed by atoms with E-state index in [0.29, 0.717) is 5.56 Å². The third-order valence-corrected chi connectivity index (χ3v) is 3.07. The van der Waals surface area contributed by atoms with Gasteiger partial charge in [-0.1, -0.05) is 12.1 Å². The van der Waals surface area contributed by atoms with E-state index in [0.717, 1.165) is 9.13 Å². The molecule has 0 radical (unpaired) electrons. The maximum Gasteiger partial charge on any atom is 0.268 e. The van der Waals surface area contributed by atoms with Crippen LogP contribution < -0.4 is 15.6 Å². The SMILES string of the molecule is CC(C)Oc1c(-c2ccc(I)cc2)c(=O)c1=O. The van der Waals surface area contributed by atoms with Crippen LogP contribution in [0.3, 0.4) is 0 Å². The molecule has 17 heavy (non-hydrogen) atoms. The van der Waals surface area contributed by atoms with E-state index >= 15 is 0 Å². The van der Waals surface area contributed by atoms with Gasteiger partial charge in [-0.2, -0.15) is 0 Å². The zero-order valence-electron chi connectivity index (χ0n) is 9.49. The molecule has 0 bridgehead atoms. The highest BCUT2D eigenvalue weighted by Crippen LogP contribution is 2.26. The van der Waals surface area contributed by atoms with E-state index < -0.39 is 10.9 Å². The second-order valence-electron chi connectivity index (χ2n) is 4.04. The minimum atomic E-state index is -0.521. The van der Waals surface area contributed by atoms with Gasteiger partial charge in [-0.15, -0.1) is 0 Å². The van der Waals surface area contributed by atoms with Gasteiger partial charge >= 0.3 is 0 Å². The topological polar surface area (TPSA) is 43.4 Å².